The second kappa shape index (κ2) is 6.50. The molecular weight excluding hydrogens is 266 g/mol. The molecule has 0 aromatic carbocycles. The molecule has 0 saturated carbocycles. The molecule has 2 heterocycles. The molecule has 5 heteroatoms. The van der Waals surface area contributed by atoms with Gasteiger partial charge in [-0.3, -0.25) is 0 Å². The van der Waals surface area contributed by atoms with Crippen LogP contribution in [0.4, 0.5) is 4.79 Å². The first kappa shape index (κ1) is 15.9. The number of carbonyl (C=O) groups is 1. The topological polar surface area (TPSA) is 47.4 Å². The van der Waals surface area contributed by atoms with Crippen molar-refractivity contribution in [1.29, 1.82) is 0 Å². The Bertz CT molecular complexity index is 468. The van der Waals surface area contributed by atoms with Gasteiger partial charge in [0.05, 0.1) is 0 Å². The molecule has 0 N–H and O–H groups in total. The fraction of sp³-hybridized carbons (Fsp3) is 0.750. The molecule has 0 radical (unpaired) electrons. The predicted molar refractivity (Wildman–Crippen MR) is 82.3 cm³/mol. The second-order valence-electron chi connectivity index (χ2n) is 6.72. The molecule has 0 atom stereocenters. The van der Waals surface area contributed by atoms with Crippen LogP contribution in [-0.2, 0) is 11.3 Å². The standard InChI is InChI=1S/C16H27N3O2/c1-5-9-18-12-8-17-14(18)13-6-10-19(11-7-13)15(20)21-16(2,3)4/h8,12-13H,5-7,9-11H2,1-4H3. The van der Waals surface area contributed by atoms with Crippen LogP contribution >= 0.6 is 0 Å². The number of likely N-dealkylation sites (tertiary alicyclic amines) is 1. The smallest absolute Gasteiger partial charge is 0.410 e. The van der Waals surface area contributed by atoms with Crippen LogP contribution in [0.3, 0.4) is 0 Å². The number of hydrogen-bond donors (Lipinski definition) is 0. The minimum atomic E-state index is -0.425. The lowest BCUT2D eigenvalue weighted by atomic mass is 9.96. The summed E-state index contributed by atoms with van der Waals surface area (Å²) in [6.45, 7) is 10.4. The number of hydrogen-bond acceptors (Lipinski definition) is 3. The summed E-state index contributed by atoms with van der Waals surface area (Å²) in [5.74, 6) is 1.62. The van der Waals surface area contributed by atoms with Crippen molar-refractivity contribution < 1.29 is 9.53 Å². The SMILES string of the molecule is CCCn1ccnc1C1CCN(C(=O)OC(C)(C)C)CC1. The van der Waals surface area contributed by atoms with Crippen LogP contribution in [0.1, 0.15) is 58.7 Å². The molecule has 1 aliphatic heterocycles. The number of piperidine rings is 1. The number of aryl methyl sites for hydroxylation is 1. The third-order valence-electron chi connectivity index (χ3n) is 3.72. The summed E-state index contributed by atoms with van der Waals surface area (Å²) in [5, 5.41) is 0. The molecule has 1 aromatic rings. The van der Waals surface area contributed by atoms with Crippen molar-refractivity contribution in [3.8, 4) is 0 Å². The van der Waals surface area contributed by atoms with Gasteiger partial charge < -0.3 is 14.2 Å². The van der Waals surface area contributed by atoms with E-state index in [1.54, 1.807) is 0 Å². The zero-order chi connectivity index (χ0) is 15.5. The van der Waals surface area contributed by atoms with E-state index in [4.69, 9.17) is 4.74 Å². The molecule has 0 bridgehead atoms. The summed E-state index contributed by atoms with van der Waals surface area (Å²) in [7, 11) is 0. The Morgan fingerprint density at radius 1 is 1.38 bits per heavy atom. The molecule has 21 heavy (non-hydrogen) atoms. The van der Waals surface area contributed by atoms with E-state index in [1.807, 2.05) is 31.9 Å². The van der Waals surface area contributed by atoms with Gasteiger partial charge in [-0.1, -0.05) is 6.92 Å². The van der Waals surface area contributed by atoms with E-state index in [0.717, 1.165) is 38.9 Å². The summed E-state index contributed by atoms with van der Waals surface area (Å²) < 4.78 is 7.68. The van der Waals surface area contributed by atoms with Gasteiger partial charge in [-0.25, -0.2) is 9.78 Å². The number of imidazole rings is 1. The van der Waals surface area contributed by atoms with Crippen LogP contribution in [0.5, 0.6) is 0 Å². The highest BCUT2D eigenvalue weighted by atomic mass is 16.6. The predicted octanol–water partition coefficient (Wildman–Crippen LogP) is 3.41. The van der Waals surface area contributed by atoms with E-state index in [2.05, 4.69) is 22.7 Å². The lowest BCUT2D eigenvalue weighted by molar-refractivity contribution is 0.0202. The van der Waals surface area contributed by atoms with Gasteiger partial charge >= 0.3 is 6.09 Å². The molecule has 1 aromatic heterocycles. The Kier molecular flexibility index (Phi) is 4.91. The minimum absolute atomic E-state index is 0.196. The van der Waals surface area contributed by atoms with Crippen molar-refractivity contribution in [2.45, 2.75) is 65.0 Å². The zero-order valence-corrected chi connectivity index (χ0v) is 13.6. The van der Waals surface area contributed by atoms with Crippen molar-refractivity contribution >= 4 is 6.09 Å². The average molecular weight is 293 g/mol. The summed E-state index contributed by atoms with van der Waals surface area (Å²) >= 11 is 0. The highest BCUT2D eigenvalue weighted by Gasteiger charge is 2.29. The second-order valence-corrected chi connectivity index (χ2v) is 6.72. The molecule has 0 spiro atoms. The fourth-order valence-corrected chi connectivity index (χ4v) is 2.76. The van der Waals surface area contributed by atoms with Gasteiger partial charge in [-0.05, 0) is 40.0 Å². The van der Waals surface area contributed by atoms with Crippen molar-refractivity contribution in [3.63, 3.8) is 0 Å². The Labute approximate surface area is 127 Å². The van der Waals surface area contributed by atoms with Crippen molar-refractivity contribution in [2.24, 2.45) is 0 Å². The highest BCUT2D eigenvalue weighted by Crippen LogP contribution is 2.27. The molecule has 2 rings (SSSR count). The zero-order valence-electron chi connectivity index (χ0n) is 13.6. The maximum atomic E-state index is 12.1. The maximum absolute atomic E-state index is 12.1. The van der Waals surface area contributed by atoms with Gasteiger partial charge in [0.25, 0.3) is 0 Å². The van der Waals surface area contributed by atoms with Gasteiger partial charge in [-0.2, -0.15) is 0 Å². The van der Waals surface area contributed by atoms with Crippen LogP contribution in [0.15, 0.2) is 12.4 Å². The Hall–Kier alpha value is -1.52. The van der Waals surface area contributed by atoms with Gasteiger partial charge in [0.2, 0.25) is 0 Å². The van der Waals surface area contributed by atoms with Crippen LogP contribution in [-0.4, -0.2) is 39.2 Å². The van der Waals surface area contributed by atoms with Gasteiger partial charge in [0.1, 0.15) is 11.4 Å². The molecule has 118 valence electrons. The van der Waals surface area contributed by atoms with Crippen LogP contribution in [0.25, 0.3) is 0 Å². The van der Waals surface area contributed by atoms with Crippen molar-refractivity contribution in [2.75, 3.05) is 13.1 Å². The van der Waals surface area contributed by atoms with E-state index in [9.17, 15) is 4.79 Å². The van der Waals surface area contributed by atoms with Crippen LogP contribution < -0.4 is 0 Å². The number of rotatable bonds is 3. The van der Waals surface area contributed by atoms with Gasteiger partial charge in [0, 0.05) is 37.9 Å². The molecule has 0 unspecified atom stereocenters. The molecule has 1 saturated heterocycles. The first-order chi connectivity index (χ1) is 9.90. The summed E-state index contributed by atoms with van der Waals surface area (Å²) in [4.78, 5) is 18.4. The molecule has 1 aliphatic rings. The molecule has 1 amide bonds. The molecule has 5 nitrogen and oxygen atoms in total. The molecule has 0 aliphatic carbocycles. The van der Waals surface area contributed by atoms with Gasteiger partial charge in [0.15, 0.2) is 0 Å². The van der Waals surface area contributed by atoms with Gasteiger partial charge in [-0.15, -0.1) is 0 Å². The quantitative estimate of drug-likeness (QED) is 0.858. The van der Waals surface area contributed by atoms with Crippen molar-refractivity contribution in [3.05, 3.63) is 18.2 Å². The van der Waals surface area contributed by atoms with E-state index in [-0.39, 0.29) is 6.09 Å². The number of nitrogens with zero attached hydrogens (tertiary/aromatic N) is 3. The first-order valence-electron chi connectivity index (χ1n) is 7.89. The number of aromatic nitrogens is 2. The van der Waals surface area contributed by atoms with Crippen LogP contribution in [0.2, 0.25) is 0 Å². The Balaban J connectivity index is 1.91. The molecular formula is C16H27N3O2. The lowest BCUT2D eigenvalue weighted by Gasteiger charge is -2.33. The Morgan fingerprint density at radius 2 is 2.05 bits per heavy atom. The average Bonchev–Trinajstić information content (AvgIpc) is 2.86. The minimum Gasteiger partial charge on any atom is -0.444 e. The van der Waals surface area contributed by atoms with Crippen molar-refractivity contribution in [1.82, 2.24) is 14.5 Å². The molecule has 1 fully saturated rings. The largest absolute Gasteiger partial charge is 0.444 e. The first-order valence-corrected chi connectivity index (χ1v) is 7.89. The van der Waals surface area contributed by atoms with E-state index >= 15 is 0 Å². The van der Waals surface area contributed by atoms with E-state index in [1.165, 1.54) is 5.82 Å². The summed E-state index contributed by atoms with van der Waals surface area (Å²) in [6.07, 6.45) is 6.77. The normalized spacial score (nSPS) is 17.0. The Morgan fingerprint density at radius 3 is 2.62 bits per heavy atom. The number of ether oxygens (including phenoxy) is 1. The lowest BCUT2D eigenvalue weighted by Crippen LogP contribution is -2.41. The number of amides is 1. The maximum Gasteiger partial charge on any atom is 0.410 e. The highest BCUT2D eigenvalue weighted by molar-refractivity contribution is 5.68. The summed E-state index contributed by atoms with van der Waals surface area (Å²) in [5.41, 5.74) is -0.425. The van der Waals surface area contributed by atoms with E-state index < -0.39 is 5.60 Å². The third-order valence-corrected chi connectivity index (χ3v) is 3.72. The van der Waals surface area contributed by atoms with E-state index in [0.29, 0.717) is 5.92 Å². The third kappa shape index (κ3) is 4.22. The fourth-order valence-electron chi connectivity index (χ4n) is 2.76. The van der Waals surface area contributed by atoms with Crippen LogP contribution in [0, 0.1) is 0 Å². The monoisotopic (exact) mass is 293 g/mol. The summed E-state index contributed by atoms with van der Waals surface area (Å²) in [6, 6.07) is 0. The number of carbonyl (C=O) groups excluding carboxylic acids is 1.